The van der Waals surface area contributed by atoms with Gasteiger partial charge in [-0.3, -0.25) is 19.0 Å². The molecule has 0 bridgehead atoms. The molecule has 9 nitrogen and oxygen atoms in total. The fraction of sp³-hybridized carbons (Fsp3) is 0.280. The van der Waals surface area contributed by atoms with Crippen molar-refractivity contribution < 1.29 is 0 Å². The van der Waals surface area contributed by atoms with Crippen molar-refractivity contribution in [2.24, 2.45) is 14.1 Å². The summed E-state index contributed by atoms with van der Waals surface area (Å²) in [6.07, 6.45) is 14.1. The molecule has 34 heavy (non-hydrogen) atoms. The average molecular weight is 452 g/mol. The summed E-state index contributed by atoms with van der Waals surface area (Å²) in [4.78, 5) is 14.4. The van der Waals surface area contributed by atoms with Crippen LogP contribution in [0.2, 0.25) is 0 Å². The summed E-state index contributed by atoms with van der Waals surface area (Å²) in [7, 11) is 3.90. The van der Waals surface area contributed by atoms with Crippen molar-refractivity contribution >= 4 is 0 Å². The van der Waals surface area contributed by atoms with Crippen molar-refractivity contribution in [1.29, 1.82) is 0 Å². The lowest BCUT2D eigenvalue weighted by atomic mass is 9.91. The van der Waals surface area contributed by atoms with Gasteiger partial charge in [-0.25, -0.2) is 9.97 Å². The minimum absolute atomic E-state index is 0.652. The van der Waals surface area contributed by atoms with Crippen LogP contribution in [0.25, 0.3) is 33.8 Å². The SMILES string of the molecule is CCn1cc(Cc2ncc3c(n2)-c2c(nn(C)c2-c2ccc(-c4cnn(C)c4)nc2)CC3)cn1. The Bertz CT molecular complexity index is 1490. The first kappa shape index (κ1) is 20.5. The molecule has 0 amide bonds. The summed E-state index contributed by atoms with van der Waals surface area (Å²) >= 11 is 0. The van der Waals surface area contributed by atoms with Gasteiger partial charge < -0.3 is 0 Å². The molecule has 0 N–H and O–H groups in total. The van der Waals surface area contributed by atoms with Crippen LogP contribution < -0.4 is 0 Å². The Labute approximate surface area is 197 Å². The standard InChI is InChI=1S/C25H25N9/c1-4-34-14-16(10-29-34)9-22-27-11-17-5-8-21-23(24(17)30-22)25(33(3)31-21)18-6-7-20(26-12-18)19-13-28-32(2)15-19/h6-7,10-15H,4-5,8-9H2,1-3H3. The fourth-order valence-corrected chi connectivity index (χ4v) is 4.63. The van der Waals surface area contributed by atoms with Gasteiger partial charge in [0.1, 0.15) is 5.82 Å². The second-order valence-electron chi connectivity index (χ2n) is 8.67. The molecular weight excluding hydrogens is 426 g/mol. The number of aryl methyl sites for hydroxylation is 5. The predicted molar refractivity (Wildman–Crippen MR) is 128 cm³/mol. The lowest BCUT2D eigenvalue weighted by Gasteiger charge is -2.16. The second-order valence-corrected chi connectivity index (χ2v) is 8.67. The first-order valence-corrected chi connectivity index (χ1v) is 11.5. The molecule has 1 aliphatic carbocycles. The van der Waals surface area contributed by atoms with E-state index in [1.807, 2.05) is 60.5 Å². The lowest BCUT2D eigenvalue weighted by Crippen LogP contribution is -2.09. The van der Waals surface area contributed by atoms with Crippen LogP contribution in [0.1, 0.15) is 29.6 Å². The third kappa shape index (κ3) is 3.49. The summed E-state index contributed by atoms with van der Waals surface area (Å²) in [5.41, 5.74) is 9.35. The van der Waals surface area contributed by atoms with E-state index in [0.717, 1.165) is 75.8 Å². The van der Waals surface area contributed by atoms with E-state index in [1.54, 1.807) is 4.68 Å². The third-order valence-electron chi connectivity index (χ3n) is 6.31. The smallest absolute Gasteiger partial charge is 0.133 e. The number of fused-ring (bicyclic) bond motifs is 3. The molecule has 0 aromatic carbocycles. The quantitative estimate of drug-likeness (QED) is 0.407. The van der Waals surface area contributed by atoms with Crippen LogP contribution in [0.3, 0.4) is 0 Å². The highest BCUT2D eigenvalue weighted by Crippen LogP contribution is 2.39. The van der Waals surface area contributed by atoms with Gasteiger partial charge in [-0.1, -0.05) is 0 Å². The Morgan fingerprint density at radius 3 is 2.56 bits per heavy atom. The Balaban J connectivity index is 1.39. The van der Waals surface area contributed by atoms with E-state index in [9.17, 15) is 0 Å². The molecule has 5 aromatic rings. The van der Waals surface area contributed by atoms with Crippen LogP contribution in [0.5, 0.6) is 0 Å². The molecule has 5 aromatic heterocycles. The first-order valence-electron chi connectivity index (χ1n) is 11.5. The monoisotopic (exact) mass is 451 g/mol. The van der Waals surface area contributed by atoms with Gasteiger partial charge in [-0.2, -0.15) is 15.3 Å². The molecule has 6 rings (SSSR count). The van der Waals surface area contributed by atoms with Gasteiger partial charge >= 0.3 is 0 Å². The van der Waals surface area contributed by atoms with E-state index < -0.39 is 0 Å². The Hall–Kier alpha value is -4.14. The summed E-state index contributed by atoms with van der Waals surface area (Å²) in [5.74, 6) is 0.794. The van der Waals surface area contributed by atoms with Crippen molar-refractivity contribution in [3.8, 4) is 33.8 Å². The molecule has 0 fully saturated rings. The zero-order valence-corrected chi connectivity index (χ0v) is 19.5. The van der Waals surface area contributed by atoms with Crippen molar-refractivity contribution in [3.05, 3.63) is 72.0 Å². The molecule has 0 spiro atoms. The van der Waals surface area contributed by atoms with Gasteiger partial charge in [0.25, 0.3) is 0 Å². The molecule has 1 aliphatic rings. The Morgan fingerprint density at radius 1 is 0.912 bits per heavy atom. The zero-order chi connectivity index (χ0) is 23.2. The topological polar surface area (TPSA) is 92.1 Å². The van der Waals surface area contributed by atoms with Crippen LogP contribution >= 0.6 is 0 Å². The van der Waals surface area contributed by atoms with Crippen LogP contribution in [-0.2, 0) is 39.9 Å². The predicted octanol–water partition coefficient (Wildman–Crippen LogP) is 3.25. The van der Waals surface area contributed by atoms with Gasteiger partial charge in [-0.05, 0) is 43.0 Å². The van der Waals surface area contributed by atoms with Crippen molar-refractivity contribution in [2.45, 2.75) is 32.7 Å². The van der Waals surface area contributed by atoms with Gasteiger partial charge in [0.05, 0.1) is 35.2 Å². The zero-order valence-electron chi connectivity index (χ0n) is 19.5. The van der Waals surface area contributed by atoms with E-state index in [-0.39, 0.29) is 0 Å². The Morgan fingerprint density at radius 2 is 1.82 bits per heavy atom. The molecule has 170 valence electrons. The molecule has 0 unspecified atom stereocenters. The maximum Gasteiger partial charge on any atom is 0.133 e. The molecule has 0 aliphatic heterocycles. The molecule has 9 heteroatoms. The van der Waals surface area contributed by atoms with E-state index in [0.29, 0.717) is 6.42 Å². The highest BCUT2D eigenvalue weighted by Gasteiger charge is 2.27. The summed E-state index contributed by atoms with van der Waals surface area (Å²) in [6.45, 7) is 2.93. The molecule has 0 atom stereocenters. The summed E-state index contributed by atoms with van der Waals surface area (Å²) in [6, 6.07) is 4.13. The minimum Gasteiger partial charge on any atom is -0.275 e. The second kappa shape index (κ2) is 8.02. The van der Waals surface area contributed by atoms with Crippen molar-refractivity contribution in [1.82, 2.24) is 44.3 Å². The van der Waals surface area contributed by atoms with Crippen LogP contribution in [-0.4, -0.2) is 44.3 Å². The molecule has 0 saturated heterocycles. The summed E-state index contributed by atoms with van der Waals surface area (Å²) < 4.78 is 5.66. The number of aromatic nitrogens is 9. The van der Waals surface area contributed by atoms with Gasteiger partial charge in [0.15, 0.2) is 0 Å². The summed E-state index contributed by atoms with van der Waals surface area (Å²) in [5, 5.41) is 13.5. The normalized spacial score (nSPS) is 12.6. The molecule has 0 radical (unpaired) electrons. The van der Waals surface area contributed by atoms with E-state index in [4.69, 9.17) is 15.1 Å². The van der Waals surface area contributed by atoms with Crippen molar-refractivity contribution in [3.63, 3.8) is 0 Å². The van der Waals surface area contributed by atoms with E-state index >= 15 is 0 Å². The van der Waals surface area contributed by atoms with Gasteiger partial charge in [0.2, 0.25) is 0 Å². The number of nitrogens with zero attached hydrogens (tertiary/aromatic N) is 9. The van der Waals surface area contributed by atoms with Crippen molar-refractivity contribution in [2.75, 3.05) is 0 Å². The van der Waals surface area contributed by atoms with Crippen LogP contribution in [0.4, 0.5) is 0 Å². The highest BCUT2D eigenvalue weighted by atomic mass is 15.3. The number of hydrogen-bond donors (Lipinski definition) is 0. The number of hydrogen-bond acceptors (Lipinski definition) is 6. The average Bonchev–Trinajstić information content (AvgIpc) is 3.57. The number of rotatable bonds is 5. The molecule has 5 heterocycles. The van der Waals surface area contributed by atoms with Crippen LogP contribution in [0.15, 0.2) is 49.3 Å². The molecule has 0 saturated carbocycles. The maximum atomic E-state index is 5.02. The van der Waals surface area contributed by atoms with Crippen LogP contribution in [0, 0.1) is 0 Å². The Kier molecular flexibility index (Phi) is 4.83. The maximum absolute atomic E-state index is 5.02. The minimum atomic E-state index is 0.652. The van der Waals surface area contributed by atoms with Gasteiger partial charge in [0, 0.05) is 68.5 Å². The van der Waals surface area contributed by atoms with E-state index in [1.165, 1.54) is 0 Å². The fourth-order valence-electron chi connectivity index (χ4n) is 4.63. The van der Waals surface area contributed by atoms with Gasteiger partial charge in [-0.15, -0.1) is 0 Å². The number of pyridine rings is 1. The first-order chi connectivity index (χ1) is 16.6. The molecular formula is C25H25N9. The lowest BCUT2D eigenvalue weighted by molar-refractivity contribution is 0.659. The third-order valence-corrected chi connectivity index (χ3v) is 6.31. The van der Waals surface area contributed by atoms with E-state index in [2.05, 4.69) is 34.4 Å². The highest BCUT2D eigenvalue weighted by molar-refractivity contribution is 5.84. The largest absolute Gasteiger partial charge is 0.275 e.